The molecule has 0 radical (unpaired) electrons. The highest BCUT2D eigenvalue weighted by atomic mass is 35.5. The van der Waals surface area contributed by atoms with E-state index in [2.05, 4.69) is 5.32 Å². The van der Waals surface area contributed by atoms with Crippen LogP contribution in [0.25, 0.3) is 0 Å². The van der Waals surface area contributed by atoms with Gasteiger partial charge in [0.15, 0.2) is 0 Å². The topological polar surface area (TPSA) is 119 Å². The molecule has 0 aliphatic heterocycles. The number of nitro benzene ring substituents is 1. The molecule has 0 saturated carbocycles. The van der Waals surface area contributed by atoms with E-state index in [0.717, 1.165) is 16.6 Å². The number of nitro groups is 1. The number of benzene rings is 2. The highest BCUT2D eigenvalue weighted by Crippen LogP contribution is 2.36. The van der Waals surface area contributed by atoms with Crippen molar-refractivity contribution in [3.63, 3.8) is 0 Å². The van der Waals surface area contributed by atoms with E-state index >= 15 is 0 Å². The van der Waals surface area contributed by atoms with Gasteiger partial charge in [0, 0.05) is 12.1 Å². The number of nitrogens with one attached hydrogen (secondary N) is 1. The molecular formula is C16H14Cl3N3O6S. The van der Waals surface area contributed by atoms with Gasteiger partial charge in [-0.1, -0.05) is 34.8 Å². The molecule has 0 aromatic heterocycles. The summed E-state index contributed by atoms with van der Waals surface area (Å²) in [5.74, 6) is -0.640. The standard InChI is InChI=1S/C16H14Cl3N3O6S/c1-28-15-4-3-9(22(24)25)5-13(15)20-16(23)8-21(29(2,26)27)14-7-11(18)10(17)6-12(14)19/h3-7H,8H2,1-2H3,(H,20,23). The lowest BCUT2D eigenvalue weighted by Crippen LogP contribution is -2.37. The number of ether oxygens (including phenoxy) is 1. The first-order chi connectivity index (χ1) is 13.4. The maximum Gasteiger partial charge on any atom is 0.271 e. The monoisotopic (exact) mass is 481 g/mol. The molecule has 2 aromatic rings. The van der Waals surface area contributed by atoms with E-state index in [1.165, 1.54) is 31.4 Å². The van der Waals surface area contributed by atoms with Crippen molar-refractivity contribution in [2.45, 2.75) is 0 Å². The Kier molecular flexibility index (Phi) is 7.17. The number of amides is 1. The SMILES string of the molecule is COc1ccc([N+](=O)[O-])cc1NC(=O)CN(c1cc(Cl)c(Cl)cc1Cl)S(C)(=O)=O. The van der Waals surface area contributed by atoms with Crippen molar-refractivity contribution < 1.29 is 22.9 Å². The number of hydrogen-bond acceptors (Lipinski definition) is 6. The van der Waals surface area contributed by atoms with Crippen LogP contribution in [0.15, 0.2) is 30.3 Å². The van der Waals surface area contributed by atoms with Crippen LogP contribution in [0.5, 0.6) is 5.75 Å². The Morgan fingerprint density at radius 2 is 1.79 bits per heavy atom. The molecule has 0 fully saturated rings. The molecule has 156 valence electrons. The van der Waals surface area contributed by atoms with Crippen molar-refractivity contribution in [2.24, 2.45) is 0 Å². The Morgan fingerprint density at radius 3 is 2.34 bits per heavy atom. The molecular weight excluding hydrogens is 469 g/mol. The molecule has 2 rings (SSSR count). The molecule has 2 aromatic carbocycles. The summed E-state index contributed by atoms with van der Waals surface area (Å²) in [6, 6.07) is 6.06. The molecule has 0 aliphatic carbocycles. The van der Waals surface area contributed by atoms with Crippen LogP contribution < -0.4 is 14.4 Å². The van der Waals surface area contributed by atoms with Gasteiger partial charge in [-0.2, -0.15) is 0 Å². The maximum absolute atomic E-state index is 12.5. The molecule has 0 saturated heterocycles. The fraction of sp³-hybridized carbons (Fsp3) is 0.188. The average Bonchev–Trinajstić information content (AvgIpc) is 2.62. The molecule has 0 aliphatic rings. The van der Waals surface area contributed by atoms with Crippen molar-refractivity contribution >= 4 is 67.8 Å². The highest BCUT2D eigenvalue weighted by molar-refractivity contribution is 7.92. The van der Waals surface area contributed by atoms with Crippen LogP contribution in [-0.2, 0) is 14.8 Å². The summed E-state index contributed by atoms with van der Waals surface area (Å²) in [6.07, 6.45) is 0.882. The second kappa shape index (κ2) is 9.04. The van der Waals surface area contributed by atoms with Crippen molar-refractivity contribution in [1.29, 1.82) is 0 Å². The Morgan fingerprint density at radius 1 is 1.17 bits per heavy atom. The Balaban J connectivity index is 2.37. The molecule has 29 heavy (non-hydrogen) atoms. The van der Waals surface area contributed by atoms with Gasteiger partial charge in [-0.3, -0.25) is 19.2 Å². The third-order valence-electron chi connectivity index (χ3n) is 3.61. The average molecular weight is 483 g/mol. The lowest BCUT2D eigenvalue weighted by atomic mass is 10.2. The van der Waals surface area contributed by atoms with E-state index < -0.39 is 27.4 Å². The van der Waals surface area contributed by atoms with Gasteiger partial charge in [-0.05, 0) is 18.2 Å². The lowest BCUT2D eigenvalue weighted by Gasteiger charge is -2.23. The largest absolute Gasteiger partial charge is 0.495 e. The van der Waals surface area contributed by atoms with Crippen LogP contribution in [-0.4, -0.2) is 39.2 Å². The van der Waals surface area contributed by atoms with E-state index in [1.807, 2.05) is 0 Å². The van der Waals surface area contributed by atoms with E-state index in [0.29, 0.717) is 0 Å². The number of non-ortho nitro benzene ring substituents is 1. The highest BCUT2D eigenvalue weighted by Gasteiger charge is 2.25. The van der Waals surface area contributed by atoms with Gasteiger partial charge in [-0.15, -0.1) is 0 Å². The number of hydrogen-bond donors (Lipinski definition) is 1. The zero-order valence-corrected chi connectivity index (χ0v) is 18.1. The van der Waals surface area contributed by atoms with Gasteiger partial charge in [0.1, 0.15) is 12.3 Å². The summed E-state index contributed by atoms with van der Waals surface area (Å²) in [5.41, 5.74) is -0.335. The summed E-state index contributed by atoms with van der Waals surface area (Å²) in [6.45, 7) is -0.678. The maximum atomic E-state index is 12.5. The number of nitrogens with zero attached hydrogens (tertiary/aromatic N) is 2. The van der Waals surface area contributed by atoms with E-state index in [4.69, 9.17) is 39.5 Å². The zero-order valence-electron chi connectivity index (χ0n) is 15.0. The first-order valence-corrected chi connectivity index (χ1v) is 10.7. The molecule has 0 spiro atoms. The number of sulfonamides is 1. The first kappa shape index (κ1) is 23.0. The minimum atomic E-state index is -3.95. The first-order valence-electron chi connectivity index (χ1n) is 7.68. The van der Waals surface area contributed by atoms with Gasteiger partial charge in [0.2, 0.25) is 15.9 Å². The third-order valence-corrected chi connectivity index (χ3v) is 5.77. The molecule has 1 N–H and O–H groups in total. The number of carbonyl (C=O) groups is 1. The van der Waals surface area contributed by atoms with E-state index in [-0.39, 0.29) is 37.9 Å². The summed E-state index contributed by atoms with van der Waals surface area (Å²) in [5, 5.41) is 13.5. The normalized spacial score (nSPS) is 11.1. The fourth-order valence-electron chi connectivity index (χ4n) is 2.31. The van der Waals surface area contributed by atoms with Crippen molar-refractivity contribution in [2.75, 3.05) is 29.5 Å². The van der Waals surface area contributed by atoms with Crippen LogP contribution in [0.4, 0.5) is 17.1 Å². The lowest BCUT2D eigenvalue weighted by molar-refractivity contribution is -0.384. The molecule has 0 atom stereocenters. The molecule has 0 heterocycles. The van der Waals surface area contributed by atoms with Crippen molar-refractivity contribution in [3.05, 3.63) is 55.5 Å². The number of methoxy groups -OCH3 is 1. The summed E-state index contributed by atoms with van der Waals surface area (Å²) in [4.78, 5) is 22.8. The van der Waals surface area contributed by atoms with Gasteiger partial charge in [0.05, 0.1) is 44.7 Å². The quantitative estimate of drug-likeness (QED) is 0.362. The Bertz CT molecular complexity index is 1080. The molecule has 13 heteroatoms. The number of anilines is 2. The number of halogens is 3. The van der Waals surface area contributed by atoms with E-state index in [9.17, 15) is 23.3 Å². The Labute approximate surface area is 181 Å². The second-order valence-electron chi connectivity index (χ2n) is 5.68. The minimum Gasteiger partial charge on any atom is -0.495 e. The van der Waals surface area contributed by atoms with Crippen LogP contribution >= 0.6 is 34.8 Å². The summed E-state index contributed by atoms with van der Waals surface area (Å²) in [7, 11) is -2.63. The third kappa shape index (κ3) is 5.63. The van der Waals surface area contributed by atoms with Gasteiger partial charge < -0.3 is 10.1 Å². The second-order valence-corrected chi connectivity index (χ2v) is 8.81. The number of rotatable bonds is 7. The number of carbonyl (C=O) groups excluding carboxylic acids is 1. The van der Waals surface area contributed by atoms with Crippen molar-refractivity contribution in [3.8, 4) is 5.75 Å². The molecule has 0 unspecified atom stereocenters. The summed E-state index contributed by atoms with van der Waals surface area (Å²) >= 11 is 17.9. The van der Waals surface area contributed by atoms with Crippen LogP contribution in [0, 0.1) is 10.1 Å². The minimum absolute atomic E-state index is 0.000358. The summed E-state index contributed by atoms with van der Waals surface area (Å²) < 4.78 is 30.3. The fourth-order valence-corrected chi connectivity index (χ4v) is 3.86. The molecule has 1 amide bonds. The van der Waals surface area contributed by atoms with Gasteiger partial charge >= 0.3 is 0 Å². The van der Waals surface area contributed by atoms with E-state index in [1.54, 1.807) is 0 Å². The molecule has 9 nitrogen and oxygen atoms in total. The smallest absolute Gasteiger partial charge is 0.271 e. The zero-order chi connectivity index (χ0) is 21.9. The van der Waals surface area contributed by atoms with Crippen LogP contribution in [0.3, 0.4) is 0 Å². The van der Waals surface area contributed by atoms with Crippen molar-refractivity contribution in [1.82, 2.24) is 0 Å². The molecule has 0 bridgehead atoms. The predicted octanol–water partition coefficient (Wildman–Crippen LogP) is 3.97. The van der Waals surface area contributed by atoms with Gasteiger partial charge in [-0.25, -0.2) is 8.42 Å². The van der Waals surface area contributed by atoms with Gasteiger partial charge in [0.25, 0.3) is 5.69 Å². The Hall–Kier alpha value is -2.27. The predicted molar refractivity (Wildman–Crippen MR) is 112 cm³/mol. The van der Waals surface area contributed by atoms with Crippen LogP contribution in [0.2, 0.25) is 15.1 Å². The van der Waals surface area contributed by atoms with Crippen LogP contribution in [0.1, 0.15) is 0 Å².